The largest absolute Gasteiger partial charge is 0.378 e. The first kappa shape index (κ1) is 22.2. The molecule has 0 saturated heterocycles. The van der Waals surface area contributed by atoms with E-state index < -0.39 is 65.4 Å². The summed E-state index contributed by atoms with van der Waals surface area (Å²) in [5, 5.41) is 0. The van der Waals surface area contributed by atoms with Crippen molar-refractivity contribution in [3.05, 3.63) is 0 Å². The molecule has 0 aromatic carbocycles. The highest BCUT2D eigenvalue weighted by Crippen LogP contribution is 2.76. The number of hydrogen-bond acceptors (Lipinski definition) is 0. The highest BCUT2D eigenvalue weighted by atomic mass is 19.4. The van der Waals surface area contributed by atoms with E-state index in [4.69, 9.17) is 0 Å². The maximum atomic E-state index is 14.5. The van der Waals surface area contributed by atoms with Crippen LogP contribution in [-0.2, 0) is 0 Å². The average Bonchev–Trinajstić information content (AvgIpc) is 2.47. The maximum Gasteiger partial charge on any atom is 0.378 e. The standard InChI is InChI=1S/C12H7F15/c1-2-5(13)3-4(7(16,17)10(22,23)9(5,20)21)8(18,19)12(26,27)11(24,25)6(3,14)15/h3-4H,2H2,1H3. The molecule has 0 amide bonds. The Morgan fingerprint density at radius 3 is 1.00 bits per heavy atom. The van der Waals surface area contributed by atoms with Gasteiger partial charge >= 0.3 is 41.5 Å². The van der Waals surface area contributed by atoms with Gasteiger partial charge in [0.05, 0.1) is 5.92 Å². The van der Waals surface area contributed by atoms with Crippen LogP contribution in [-0.4, -0.2) is 47.1 Å². The zero-order valence-corrected chi connectivity index (χ0v) is 12.5. The Kier molecular flexibility index (Phi) is 4.05. The third-order valence-electron chi connectivity index (χ3n) is 5.08. The van der Waals surface area contributed by atoms with E-state index in [1.807, 2.05) is 0 Å². The predicted octanol–water partition coefficient (Wildman–Crippen LogP) is 5.81. The van der Waals surface area contributed by atoms with Crippen molar-refractivity contribution in [1.29, 1.82) is 0 Å². The number of alkyl halides is 15. The van der Waals surface area contributed by atoms with Crippen LogP contribution in [0.3, 0.4) is 0 Å². The van der Waals surface area contributed by atoms with E-state index in [2.05, 4.69) is 0 Å². The molecule has 2 aliphatic rings. The molecule has 3 unspecified atom stereocenters. The number of rotatable bonds is 1. The van der Waals surface area contributed by atoms with Crippen LogP contribution in [0.5, 0.6) is 0 Å². The van der Waals surface area contributed by atoms with Gasteiger partial charge in [0.1, 0.15) is 5.92 Å². The monoisotopic (exact) mass is 436 g/mol. The summed E-state index contributed by atoms with van der Waals surface area (Å²) in [7, 11) is 0. The summed E-state index contributed by atoms with van der Waals surface area (Å²) in [5.41, 5.74) is -5.80. The van der Waals surface area contributed by atoms with Crippen LogP contribution in [0.2, 0.25) is 0 Å². The summed E-state index contributed by atoms with van der Waals surface area (Å²) in [6.07, 6.45) is -2.36. The van der Waals surface area contributed by atoms with Gasteiger partial charge in [-0.15, -0.1) is 0 Å². The van der Waals surface area contributed by atoms with Gasteiger partial charge in [0.2, 0.25) is 0 Å². The topological polar surface area (TPSA) is 0 Å². The van der Waals surface area contributed by atoms with E-state index in [9.17, 15) is 65.9 Å². The highest BCUT2D eigenvalue weighted by Gasteiger charge is 3.01. The van der Waals surface area contributed by atoms with Crippen molar-refractivity contribution in [3.63, 3.8) is 0 Å². The van der Waals surface area contributed by atoms with Crippen molar-refractivity contribution < 1.29 is 65.9 Å². The first-order valence-corrected chi connectivity index (χ1v) is 6.88. The summed E-state index contributed by atoms with van der Waals surface area (Å²) >= 11 is 0. The number of fused-ring (bicyclic) bond motifs is 1. The van der Waals surface area contributed by atoms with Gasteiger partial charge in [-0.05, 0) is 6.42 Å². The van der Waals surface area contributed by atoms with Crippen LogP contribution in [0, 0.1) is 11.8 Å². The van der Waals surface area contributed by atoms with Gasteiger partial charge in [0.15, 0.2) is 5.67 Å². The zero-order chi connectivity index (χ0) is 21.9. The van der Waals surface area contributed by atoms with Crippen LogP contribution < -0.4 is 0 Å². The van der Waals surface area contributed by atoms with Gasteiger partial charge in [-0.1, -0.05) is 6.92 Å². The molecule has 160 valence electrons. The molecule has 0 radical (unpaired) electrons. The first-order chi connectivity index (χ1) is 11.5. The third kappa shape index (κ3) is 1.86. The summed E-state index contributed by atoms with van der Waals surface area (Å²) < 4.78 is 205. The molecule has 2 aliphatic carbocycles. The van der Waals surface area contributed by atoms with Crippen LogP contribution >= 0.6 is 0 Å². The van der Waals surface area contributed by atoms with E-state index >= 15 is 0 Å². The molecule has 27 heavy (non-hydrogen) atoms. The van der Waals surface area contributed by atoms with Gasteiger partial charge < -0.3 is 0 Å². The molecule has 0 N–H and O–H groups in total. The minimum absolute atomic E-state index is 0.0175. The van der Waals surface area contributed by atoms with E-state index in [1.165, 1.54) is 0 Å². The Hall–Kier alpha value is -1.05. The Balaban J connectivity index is 3.03. The predicted molar refractivity (Wildman–Crippen MR) is 55.7 cm³/mol. The van der Waals surface area contributed by atoms with E-state index in [0.717, 1.165) is 0 Å². The van der Waals surface area contributed by atoms with Crippen LogP contribution in [0.15, 0.2) is 0 Å². The van der Waals surface area contributed by atoms with Crippen molar-refractivity contribution in [1.82, 2.24) is 0 Å². The van der Waals surface area contributed by atoms with Crippen molar-refractivity contribution in [2.75, 3.05) is 0 Å². The van der Waals surface area contributed by atoms with Gasteiger partial charge in [-0.3, -0.25) is 0 Å². The summed E-state index contributed by atoms with van der Waals surface area (Å²) in [6.45, 7) is 0.0175. The summed E-state index contributed by atoms with van der Waals surface area (Å²) in [5.74, 6) is -60.7. The van der Waals surface area contributed by atoms with Crippen molar-refractivity contribution in [3.8, 4) is 0 Å². The Morgan fingerprint density at radius 1 is 0.444 bits per heavy atom. The average molecular weight is 436 g/mol. The smallest absolute Gasteiger partial charge is 0.236 e. The first-order valence-electron chi connectivity index (χ1n) is 6.88. The molecule has 2 saturated carbocycles. The van der Waals surface area contributed by atoms with E-state index in [-0.39, 0.29) is 6.92 Å². The van der Waals surface area contributed by atoms with Crippen LogP contribution in [0.4, 0.5) is 65.9 Å². The molecule has 0 heterocycles. The highest BCUT2D eigenvalue weighted by molar-refractivity contribution is 5.29. The van der Waals surface area contributed by atoms with Crippen LogP contribution in [0.25, 0.3) is 0 Å². The zero-order valence-electron chi connectivity index (χ0n) is 12.5. The second kappa shape index (κ2) is 4.92. The lowest BCUT2D eigenvalue weighted by atomic mass is 9.54. The van der Waals surface area contributed by atoms with Gasteiger partial charge in [-0.25, -0.2) is 4.39 Å². The Labute approximate surface area is 139 Å². The molecule has 0 aliphatic heterocycles. The molecule has 15 heteroatoms. The fourth-order valence-electron chi connectivity index (χ4n) is 3.52. The molecule has 3 atom stereocenters. The number of hydrogen-bond donors (Lipinski definition) is 0. The van der Waals surface area contributed by atoms with Crippen molar-refractivity contribution in [2.45, 2.75) is 60.5 Å². The lowest BCUT2D eigenvalue weighted by Crippen LogP contribution is -2.86. The second-order valence-electron chi connectivity index (χ2n) is 6.34. The maximum absolute atomic E-state index is 14.5. The molecule has 0 bridgehead atoms. The fraction of sp³-hybridized carbons (Fsp3) is 1.00. The Morgan fingerprint density at radius 2 is 0.704 bits per heavy atom. The fourth-order valence-corrected chi connectivity index (χ4v) is 3.52. The lowest BCUT2D eigenvalue weighted by molar-refractivity contribution is -0.500. The Bertz CT molecular complexity index is 627. The minimum Gasteiger partial charge on any atom is -0.236 e. The molecule has 0 aromatic rings. The van der Waals surface area contributed by atoms with E-state index in [0.29, 0.717) is 0 Å². The SMILES string of the molecule is CCC1(F)C2C(C(F)(F)C(F)(F)C(F)(F)C2(F)F)C(F)(F)C(F)(F)C1(F)F. The normalized spacial score (nSPS) is 42.2. The molecule has 0 spiro atoms. The summed E-state index contributed by atoms with van der Waals surface area (Å²) in [4.78, 5) is 0. The number of halogens is 15. The van der Waals surface area contributed by atoms with Crippen molar-refractivity contribution in [2.24, 2.45) is 11.8 Å². The lowest BCUT2D eigenvalue weighted by Gasteiger charge is -2.60. The quantitative estimate of drug-likeness (QED) is 0.455. The molecular weight excluding hydrogens is 429 g/mol. The van der Waals surface area contributed by atoms with E-state index in [1.54, 1.807) is 0 Å². The van der Waals surface area contributed by atoms with Crippen molar-refractivity contribution >= 4 is 0 Å². The third-order valence-corrected chi connectivity index (χ3v) is 5.08. The molecule has 0 aromatic heterocycles. The molecule has 2 fully saturated rings. The molecule has 2 rings (SSSR count). The molecular formula is C12H7F15. The minimum atomic E-state index is -7.38. The summed E-state index contributed by atoms with van der Waals surface area (Å²) in [6, 6.07) is 0. The van der Waals surface area contributed by atoms with Gasteiger partial charge in [-0.2, -0.15) is 61.5 Å². The van der Waals surface area contributed by atoms with Gasteiger partial charge in [0.25, 0.3) is 0 Å². The molecule has 0 nitrogen and oxygen atoms in total. The van der Waals surface area contributed by atoms with Gasteiger partial charge in [0, 0.05) is 0 Å². The van der Waals surface area contributed by atoms with Crippen LogP contribution in [0.1, 0.15) is 13.3 Å². The second-order valence-corrected chi connectivity index (χ2v) is 6.34.